The van der Waals surface area contributed by atoms with E-state index < -0.39 is 6.43 Å². The third-order valence-electron chi connectivity index (χ3n) is 4.45. The van der Waals surface area contributed by atoms with E-state index >= 15 is 0 Å². The summed E-state index contributed by atoms with van der Waals surface area (Å²) in [5.41, 5.74) is 1.97. The number of aromatic nitrogens is 4. The molecule has 0 aliphatic heterocycles. The molecule has 11 heteroatoms. The van der Waals surface area contributed by atoms with E-state index in [0.717, 1.165) is 33.9 Å². The third-order valence-corrected chi connectivity index (χ3v) is 7.16. The monoisotopic (exact) mass is 588 g/mol. The smallest absolute Gasteiger partial charge is 0.291 e. The number of thioether (sulfide) groups is 1. The van der Waals surface area contributed by atoms with Crippen molar-refractivity contribution in [3.05, 3.63) is 56.9 Å². The molecular weight excluding hydrogens is 569 g/mol. The molecule has 0 spiro atoms. The normalized spacial score (nSPS) is 11.5. The van der Waals surface area contributed by atoms with Crippen LogP contribution in [0.25, 0.3) is 16.3 Å². The van der Waals surface area contributed by atoms with E-state index in [2.05, 4.69) is 49.9 Å². The van der Waals surface area contributed by atoms with Crippen molar-refractivity contribution in [2.75, 3.05) is 20.3 Å². The highest BCUT2D eigenvalue weighted by Gasteiger charge is 2.22. The van der Waals surface area contributed by atoms with Gasteiger partial charge in [0.2, 0.25) is 0 Å². The Morgan fingerprint density at radius 2 is 2.00 bits per heavy atom. The Kier molecular flexibility index (Phi) is 7.92. The number of benzene rings is 1. The van der Waals surface area contributed by atoms with E-state index in [1.807, 2.05) is 34.9 Å². The number of hydrogen-bond donors (Lipinski definition) is 0. The van der Waals surface area contributed by atoms with E-state index in [1.165, 1.54) is 5.56 Å². The second kappa shape index (κ2) is 10.9. The first-order valence-corrected chi connectivity index (χ1v) is 12.6. The largest absolute Gasteiger partial charge is 0.491 e. The minimum absolute atomic E-state index is 0.322. The zero-order valence-corrected chi connectivity index (χ0v) is 20.8. The lowest BCUT2D eigenvalue weighted by molar-refractivity contribution is 0.150. The molecule has 4 aromatic rings. The molecular formula is C21H19F2IN4O2S2. The van der Waals surface area contributed by atoms with Gasteiger partial charge in [-0.3, -0.25) is 4.40 Å². The Morgan fingerprint density at radius 1 is 1.19 bits per heavy atom. The number of fused-ring (bicyclic) bond motifs is 1. The summed E-state index contributed by atoms with van der Waals surface area (Å²) in [5, 5.41) is 7.58. The molecule has 0 saturated heterocycles. The second-order valence-electron chi connectivity index (χ2n) is 6.70. The number of halogens is 3. The van der Waals surface area contributed by atoms with Crippen LogP contribution in [-0.4, -0.2) is 39.9 Å². The highest BCUT2D eigenvalue weighted by atomic mass is 127. The highest BCUT2D eigenvalue weighted by Crippen LogP contribution is 2.36. The minimum atomic E-state index is -2.66. The number of rotatable bonds is 10. The van der Waals surface area contributed by atoms with E-state index in [1.54, 1.807) is 18.9 Å². The van der Waals surface area contributed by atoms with Crippen LogP contribution in [0.1, 0.15) is 23.4 Å². The van der Waals surface area contributed by atoms with Crippen molar-refractivity contribution < 1.29 is 18.3 Å². The maximum absolute atomic E-state index is 13.1. The minimum Gasteiger partial charge on any atom is -0.491 e. The van der Waals surface area contributed by atoms with Crippen LogP contribution in [0.5, 0.6) is 5.75 Å². The Hall–Kier alpha value is -1.83. The molecule has 3 aromatic heterocycles. The van der Waals surface area contributed by atoms with Gasteiger partial charge in [0.1, 0.15) is 15.0 Å². The first-order valence-electron chi connectivity index (χ1n) is 9.68. The zero-order chi connectivity index (χ0) is 22.5. The molecule has 0 bridgehead atoms. The van der Waals surface area contributed by atoms with Crippen molar-refractivity contribution in [3.63, 3.8) is 0 Å². The summed E-state index contributed by atoms with van der Waals surface area (Å²) < 4.78 is 39.8. The molecule has 1 aromatic carbocycles. The van der Waals surface area contributed by atoms with Gasteiger partial charge in [0.15, 0.2) is 15.8 Å². The van der Waals surface area contributed by atoms with Crippen LogP contribution in [0.3, 0.4) is 0 Å². The Labute approximate surface area is 205 Å². The summed E-state index contributed by atoms with van der Waals surface area (Å²) >= 11 is 4.63. The molecule has 0 fully saturated rings. The van der Waals surface area contributed by atoms with E-state index in [9.17, 15) is 8.78 Å². The van der Waals surface area contributed by atoms with E-state index in [-0.39, 0.29) is 5.01 Å². The number of alkyl halides is 2. The van der Waals surface area contributed by atoms with Gasteiger partial charge in [-0.25, -0.2) is 13.8 Å². The maximum atomic E-state index is 13.1. The van der Waals surface area contributed by atoms with Crippen LogP contribution in [-0.2, 0) is 10.5 Å². The van der Waals surface area contributed by atoms with Crippen molar-refractivity contribution >= 4 is 51.2 Å². The van der Waals surface area contributed by atoms with Gasteiger partial charge >= 0.3 is 0 Å². The molecule has 0 atom stereocenters. The lowest BCUT2D eigenvalue weighted by Crippen LogP contribution is -2.03. The average molecular weight is 588 g/mol. The SMILES string of the molecule is COCCCOc1cc(SCc2ccccc2)cn2c(-c3nnc(C(F)F)s3)nc(I)c12. The average Bonchev–Trinajstić information content (AvgIpc) is 3.41. The van der Waals surface area contributed by atoms with Gasteiger partial charge in [-0.05, 0) is 34.2 Å². The molecule has 32 heavy (non-hydrogen) atoms. The fraction of sp³-hybridized carbons (Fsp3) is 0.286. The van der Waals surface area contributed by atoms with Crippen LogP contribution in [0.15, 0.2) is 47.5 Å². The van der Waals surface area contributed by atoms with Crippen molar-refractivity contribution in [2.45, 2.75) is 23.5 Å². The Morgan fingerprint density at radius 3 is 2.72 bits per heavy atom. The zero-order valence-electron chi connectivity index (χ0n) is 17.0. The quantitative estimate of drug-likeness (QED) is 0.127. The van der Waals surface area contributed by atoms with Gasteiger partial charge in [-0.1, -0.05) is 41.7 Å². The molecule has 0 radical (unpaired) electrons. The number of methoxy groups -OCH3 is 1. The predicted molar refractivity (Wildman–Crippen MR) is 130 cm³/mol. The van der Waals surface area contributed by atoms with Crippen LogP contribution < -0.4 is 4.74 Å². The topological polar surface area (TPSA) is 61.5 Å². The van der Waals surface area contributed by atoms with Crippen molar-refractivity contribution in [2.24, 2.45) is 0 Å². The number of hydrogen-bond acceptors (Lipinski definition) is 7. The van der Waals surface area contributed by atoms with Crippen LogP contribution in [0, 0.1) is 3.70 Å². The summed E-state index contributed by atoms with van der Waals surface area (Å²) in [4.78, 5) is 5.57. The molecule has 3 heterocycles. The standard InChI is InChI=1S/C21H19F2IN4O2S2/c1-29-8-5-9-30-15-10-14(31-12-13-6-3-2-4-7-13)11-28-16(15)18(24)25-19(28)21-27-26-20(32-21)17(22)23/h2-4,6-7,10-11,17H,5,8-9,12H2,1H3. The highest BCUT2D eigenvalue weighted by molar-refractivity contribution is 14.1. The van der Waals surface area contributed by atoms with Gasteiger partial charge in [0.25, 0.3) is 6.43 Å². The van der Waals surface area contributed by atoms with Crippen molar-refractivity contribution in [1.82, 2.24) is 19.6 Å². The first kappa shape index (κ1) is 23.3. The Balaban J connectivity index is 1.72. The number of nitrogens with zero attached hydrogens (tertiary/aromatic N) is 4. The third kappa shape index (κ3) is 5.38. The molecule has 0 aliphatic rings. The summed E-state index contributed by atoms with van der Waals surface area (Å²) in [6, 6.07) is 12.2. The number of ether oxygens (including phenoxy) is 2. The summed E-state index contributed by atoms with van der Waals surface area (Å²) in [6.07, 6.45) is 0.0255. The molecule has 0 N–H and O–H groups in total. The van der Waals surface area contributed by atoms with E-state index in [0.29, 0.717) is 33.5 Å². The number of pyridine rings is 1. The molecule has 0 saturated carbocycles. The molecule has 4 rings (SSSR count). The molecule has 0 amide bonds. The van der Waals surface area contributed by atoms with Crippen molar-refractivity contribution in [3.8, 4) is 16.6 Å². The number of imidazole rings is 1. The van der Waals surface area contributed by atoms with Crippen LogP contribution in [0.4, 0.5) is 8.78 Å². The summed E-state index contributed by atoms with van der Waals surface area (Å²) in [7, 11) is 1.65. The Bertz CT molecular complexity index is 1190. The van der Waals surface area contributed by atoms with Crippen molar-refractivity contribution in [1.29, 1.82) is 0 Å². The molecule has 0 aliphatic carbocycles. The summed E-state index contributed by atoms with van der Waals surface area (Å²) in [5.74, 6) is 1.93. The van der Waals surface area contributed by atoms with Gasteiger partial charge in [0.05, 0.1) is 6.61 Å². The van der Waals surface area contributed by atoms with Gasteiger partial charge in [0, 0.05) is 37.0 Å². The molecule has 0 unspecified atom stereocenters. The van der Waals surface area contributed by atoms with E-state index in [4.69, 9.17) is 9.47 Å². The molecule has 6 nitrogen and oxygen atoms in total. The lowest BCUT2D eigenvalue weighted by atomic mass is 10.2. The lowest BCUT2D eigenvalue weighted by Gasteiger charge is -2.11. The first-order chi connectivity index (χ1) is 15.6. The fourth-order valence-electron chi connectivity index (χ4n) is 2.99. The predicted octanol–water partition coefficient (Wildman–Crippen LogP) is 6.10. The summed E-state index contributed by atoms with van der Waals surface area (Å²) in [6.45, 7) is 1.09. The molecule has 168 valence electrons. The van der Waals surface area contributed by atoms with Gasteiger partial charge in [-0.2, -0.15) is 0 Å². The van der Waals surface area contributed by atoms with Gasteiger partial charge in [-0.15, -0.1) is 22.0 Å². The second-order valence-corrected chi connectivity index (χ2v) is 9.78. The van der Waals surface area contributed by atoms with Crippen LogP contribution in [0.2, 0.25) is 0 Å². The van der Waals surface area contributed by atoms with Gasteiger partial charge < -0.3 is 9.47 Å². The maximum Gasteiger partial charge on any atom is 0.291 e. The fourth-order valence-corrected chi connectivity index (χ4v) is 5.33. The van der Waals surface area contributed by atoms with Crippen LogP contribution >= 0.6 is 45.7 Å².